The minimum absolute atomic E-state index is 0.0423. The molecule has 1 aromatic rings. The lowest BCUT2D eigenvalue weighted by Crippen LogP contribution is -2.37. The molecule has 7 nitrogen and oxygen atoms in total. The van der Waals surface area contributed by atoms with Crippen LogP contribution in [0.25, 0.3) is 0 Å². The first-order chi connectivity index (χ1) is 13.2. The van der Waals surface area contributed by atoms with Crippen LogP contribution in [-0.4, -0.2) is 46.8 Å². The van der Waals surface area contributed by atoms with Crippen molar-refractivity contribution in [3.05, 3.63) is 11.8 Å². The van der Waals surface area contributed by atoms with Gasteiger partial charge in [-0.1, -0.05) is 6.92 Å². The van der Waals surface area contributed by atoms with E-state index in [1.807, 2.05) is 0 Å². The topological polar surface area (TPSA) is 102 Å². The first-order valence-electron chi connectivity index (χ1n) is 9.59. The number of alkyl halides is 3. The molecule has 1 heterocycles. The van der Waals surface area contributed by atoms with Crippen molar-refractivity contribution in [3.8, 4) is 0 Å². The number of rotatable bonds is 7. The van der Waals surface area contributed by atoms with Crippen LogP contribution in [0.5, 0.6) is 0 Å². The van der Waals surface area contributed by atoms with E-state index in [4.69, 9.17) is 10.5 Å². The Morgan fingerprint density at radius 1 is 1.21 bits per heavy atom. The molecule has 0 saturated heterocycles. The van der Waals surface area contributed by atoms with E-state index in [0.29, 0.717) is 43.4 Å². The minimum atomic E-state index is -4.30. The fourth-order valence-corrected chi connectivity index (χ4v) is 3.57. The van der Waals surface area contributed by atoms with Crippen LogP contribution in [0.2, 0.25) is 0 Å². The monoisotopic (exact) mass is 401 g/mol. The number of amides is 1. The zero-order chi connectivity index (χ0) is 20.3. The van der Waals surface area contributed by atoms with Gasteiger partial charge < -0.3 is 21.1 Å². The van der Waals surface area contributed by atoms with Crippen molar-refractivity contribution >= 4 is 17.7 Å². The summed E-state index contributed by atoms with van der Waals surface area (Å²) < 4.78 is 41.7. The zero-order valence-electron chi connectivity index (χ0n) is 15.8. The van der Waals surface area contributed by atoms with Gasteiger partial charge in [-0.3, -0.25) is 4.79 Å². The summed E-state index contributed by atoms with van der Waals surface area (Å²) in [4.78, 5) is 20.2. The normalized spacial score (nSPS) is 27.7. The third-order valence-electron chi connectivity index (χ3n) is 5.49. The summed E-state index contributed by atoms with van der Waals surface area (Å²) in [5.41, 5.74) is 5.66. The van der Waals surface area contributed by atoms with Gasteiger partial charge in [0.2, 0.25) is 5.95 Å². The molecule has 28 heavy (non-hydrogen) atoms. The molecule has 0 bridgehead atoms. The van der Waals surface area contributed by atoms with E-state index in [2.05, 4.69) is 27.5 Å². The number of nitrogens with two attached hydrogens (primary N) is 1. The van der Waals surface area contributed by atoms with Crippen LogP contribution in [0, 0.1) is 5.92 Å². The first kappa shape index (κ1) is 20.6. The lowest BCUT2D eigenvalue weighted by Gasteiger charge is -2.35. The van der Waals surface area contributed by atoms with Crippen molar-refractivity contribution in [1.29, 1.82) is 0 Å². The van der Waals surface area contributed by atoms with E-state index < -0.39 is 18.7 Å². The molecule has 156 valence electrons. The number of halogens is 3. The fourth-order valence-electron chi connectivity index (χ4n) is 3.57. The number of nitrogens with zero attached hydrogens (tertiary/aromatic N) is 2. The molecule has 4 N–H and O–H groups in total. The summed E-state index contributed by atoms with van der Waals surface area (Å²) in [6, 6.07) is 0.294. The van der Waals surface area contributed by atoms with E-state index in [9.17, 15) is 18.0 Å². The second-order valence-corrected chi connectivity index (χ2v) is 7.67. The number of carbonyl (C=O) groups is 1. The smallest absolute Gasteiger partial charge is 0.369 e. The van der Waals surface area contributed by atoms with Gasteiger partial charge in [0.05, 0.1) is 11.7 Å². The van der Waals surface area contributed by atoms with Crippen LogP contribution in [0.15, 0.2) is 6.20 Å². The molecular weight excluding hydrogens is 375 g/mol. The molecule has 0 spiro atoms. The van der Waals surface area contributed by atoms with E-state index in [-0.39, 0.29) is 23.8 Å². The molecule has 2 saturated carbocycles. The maximum atomic E-state index is 12.3. The number of aromatic nitrogens is 2. The highest BCUT2D eigenvalue weighted by molar-refractivity contribution is 5.97. The Morgan fingerprint density at radius 3 is 2.46 bits per heavy atom. The number of primary amides is 1. The third kappa shape index (κ3) is 5.46. The van der Waals surface area contributed by atoms with Gasteiger partial charge >= 0.3 is 6.18 Å². The van der Waals surface area contributed by atoms with Crippen molar-refractivity contribution in [3.63, 3.8) is 0 Å². The van der Waals surface area contributed by atoms with Crippen LogP contribution < -0.4 is 16.4 Å². The van der Waals surface area contributed by atoms with Gasteiger partial charge in [0.1, 0.15) is 12.4 Å². The van der Waals surface area contributed by atoms with Gasteiger partial charge in [0.15, 0.2) is 0 Å². The maximum absolute atomic E-state index is 12.3. The summed E-state index contributed by atoms with van der Waals surface area (Å²) >= 11 is 0. The van der Waals surface area contributed by atoms with Crippen molar-refractivity contribution in [2.45, 2.75) is 69.8 Å². The molecule has 1 aromatic heterocycles. The fraction of sp³-hybridized carbons (Fsp3) is 0.722. The van der Waals surface area contributed by atoms with E-state index in [1.165, 1.54) is 6.20 Å². The molecule has 2 aliphatic rings. The quantitative estimate of drug-likeness (QED) is 0.649. The number of anilines is 2. The summed E-state index contributed by atoms with van der Waals surface area (Å²) in [5, 5.41) is 6.48. The van der Waals surface area contributed by atoms with Crippen molar-refractivity contribution in [2.75, 3.05) is 17.2 Å². The molecule has 3 rings (SSSR count). The Labute approximate surface area is 161 Å². The second kappa shape index (κ2) is 8.50. The molecule has 1 amide bonds. The molecule has 2 fully saturated rings. The average molecular weight is 401 g/mol. The molecule has 0 radical (unpaired) electrons. The third-order valence-corrected chi connectivity index (χ3v) is 5.49. The van der Waals surface area contributed by atoms with Crippen LogP contribution in [0.3, 0.4) is 0 Å². The summed E-state index contributed by atoms with van der Waals surface area (Å²) in [6.07, 6.45) is 1.25. The molecule has 0 aliphatic heterocycles. The number of nitrogens with one attached hydrogen (secondary N) is 2. The highest BCUT2D eigenvalue weighted by Crippen LogP contribution is 2.31. The number of ether oxygens (including phenoxy) is 1. The molecule has 2 atom stereocenters. The van der Waals surface area contributed by atoms with E-state index >= 15 is 0 Å². The van der Waals surface area contributed by atoms with Crippen molar-refractivity contribution in [2.24, 2.45) is 11.7 Å². The Balaban J connectivity index is 1.56. The largest absolute Gasteiger partial charge is 0.411 e. The van der Waals surface area contributed by atoms with Crippen LogP contribution in [-0.2, 0) is 4.74 Å². The lowest BCUT2D eigenvalue weighted by molar-refractivity contribution is -0.187. The Kier molecular flexibility index (Phi) is 6.26. The van der Waals surface area contributed by atoms with Gasteiger partial charge in [0.25, 0.3) is 5.91 Å². The summed E-state index contributed by atoms with van der Waals surface area (Å²) in [5.74, 6) is 0.699. The highest BCUT2D eigenvalue weighted by atomic mass is 19.4. The van der Waals surface area contributed by atoms with Crippen molar-refractivity contribution in [1.82, 2.24) is 9.97 Å². The lowest BCUT2D eigenvalue weighted by atomic mass is 9.81. The van der Waals surface area contributed by atoms with E-state index in [0.717, 1.165) is 12.8 Å². The van der Waals surface area contributed by atoms with Gasteiger partial charge in [0, 0.05) is 18.3 Å². The summed E-state index contributed by atoms with van der Waals surface area (Å²) in [6.45, 7) is 0.923. The number of hydrogen-bond acceptors (Lipinski definition) is 6. The van der Waals surface area contributed by atoms with Crippen LogP contribution in [0.4, 0.5) is 24.9 Å². The standard InChI is InChI=1S/C18H26F3N5O2/c1-10-2-7-14(10)25-16-13(15(22)27)8-23-17(26-16)24-11-3-5-12(6-4-11)28-9-18(19,20)21/h8,10-12,14H,2-7,9H2,1H3,(H2,22,27)(H2,23,24,25,26)/t10?,11-,12-,14?. The Bertz CT molecular complexity index is 692. The van der Waals surface area contributed by atoms with Crippen LogP contribution in [0.1, 0.15) is 55.8 Å². The Morgan fingerprint density at radius 2 is 1.93 bits per heavy atom. The van der Waals surface area contributed by atoms with Crippen LogP contribution >= 0.6 is 0 Å². The van der Waals surface area contributed by atoms with Gasteiger partial charge in [-0.15, -0.1) is 0 Å². The predicted molar refractivity (Wildman–Crippen MR) is 98.0 cm³/mol. The molecule has 10 heteroatoms. The van der Waals surface area contributed by atoms with Gasteiger partial charge in [-0.2, -0.15) is 18.2 Å². The molecule has 2 aliphatic carbocycles. The predicted octanol–water partition coefficient (Wildman–Crippen LogP) is 3.09. The Hall–Kier alpha value is -2.10. The molecule has 0 aromatic carbocycles. The first-order valence-corrected chi connectivity index (χ1v) is 9.59. The second-order valence-electron chi connectivity index (χ2n) is 7.67. The van der Waals surface area contributed by atoms with Crippen molar-refractivity contribution < 1.29 is 22.7 Å². The molecule has 2 unspecified atom stereocenters. The summed E-state index contributed by atoms with van der Waals surface area (Å²) in [7, 11) is 0. The molecular formula is C18H26F3N5O2. The average Bonchev–Trinajstić information content (AvgIpc) is 2.63. The van der Waals surface area contributed by atoms with Gasteiger partial charge in [-0.05, 0) is 44.4 Å². The minimum Gasteiger partial charge on any atom is -0.369 e. The number of hydrogen-bond donors (Lipinski definition) is 3. The zero-order valence-corrected chi connectivity index (χ0v) is 15.8. The highest BCUT2D eigenvalue weighted by Gasteiger charge is 2.31. The van der Waals surface area contributed by atoms with E-state index in [1.54, 1.807) is 0 Å². The van der Waals surface area contributed by atoms with Gasteiger partial charge in [-0.25, -0.2) is 4.98 Å². The SMILES string of the molecule is CC1CCC1Nc1nc(N[C@H]2CC[C@H](OCC(F)(F)F)CC2)ncc1C(N)=O. The maximum Gasteiger partial charge on any atom is 0.411 e. The number of carbonyl (C=O) groups excluding carboxylic acids is 1.